The predicted octanol–water partition coefficient (Wildman–Crippen LogP) is 1.65. The number of nitrogen functional groups attached to an aromatic ring is 1. The fraction of sp³-hybridized carbons (Fsp3) is 0.692. The summed E-state index contributed by atoms with van der Waals surface area (Å²) in [7, 11) is 0. The van der Waals surface area contributed by atoms with Crippen LogP contribution in [0.25, 0.3) is 0 Å². The van der Waals surface area contributed by atoms with Gasteiger partial charge in [-0.2, -0.15) is 5.10 Å². The average molecular weight is 250 g/mol. The van der Waals surface area contributed by atoms with Gasteiger partial charge in [-0.1, -0.05) is 13.8 Å². The molecule has 1 aromatic heterocycles. The van der Waals surface area contributed by atoms with Gasteiger partial charge in [0.1, 0.15) is 0 Å². The zero-order valence-electron chi connectivity index (χ0n) is 11.4. The molecular formula is C13H22N4O. The molecule has 5 nitrogen and oxygen atoms in total. The Morgan fingerprint density at radius 1 is 1.61 bits per heavy atom. The minimum atomic E-state index is -0.161. The molecule has 1 aromatic rings. The molecule has 0 bridgehead atoms. The number of nitrogens with zero attached hydrogens (tertiary/aromatic N) is 2. The molecule has 2 rings (SSSR count). The van der Waals surface area contributed by atoms with E-state index < -0.39 is 0 Å². The van der Waals surface area contributed by atoms with E-state index in [1.807, 2.05) is 6.92 Å². The lowest BCUT2D eigenvalue weighted by Gasteiger charge is -2.19. The highest BCUT2D eigenvalue weighted by Crippen LogP contribution is 2.51. The molecule has 0 unspecified atom stereocenters. The van der Waals surface area contributed by atoms with Gasteiger partial charge < -0.3 is 11.1 Å². The number of hydrogen-bond acceptors (Lipinski definition) is 3. The number of anilines is 1. The molecule has 0 aromatic carbocycles. The molecule has 0 saturated heterocycles. The van der Waals surface area contributed by atoms with Gasteiger partial charge in [0.2, 0.25) is 0 Å². The van der Waals surface area contributed by atoms with Gasteiger partial charge in [0, 0.05) is 19.3 Å². The van der Waals surface area contributed by atoms with Gasteiger partial charge in [0.05, 0.1) is 5.69 Å². The Balaban J connectivity index is 1.98. The van der Waals surface area contributed by atoms with E-state index in [9.17, 15) is 4.79 Å². The van der Waals surface area contributed by atoms with Crippen molar-refractivity contribution in [1.82, 2.24) is 15.1 Å². The van der Waals surface area contributed by atoms with E-state index in [4.69, 9.17) is 5.73 Å². The molecular weight excluding hydrogens is 228 g/mol. The summed E-state index contributed by atoms with van der Waals surface area (Å²) in [6, 6.07) is 0. The van der Waals surface area contributed by atoms with E-state index >= 15 is 0 Å². The fourth-order valence-electron chi connectivity index (χ4n) is 2.23. The quantitative estimate of drug-likeness (QED) is 0.834. The van der Waals surface area contributed by atoms with Crippen LogP contribution in [0.3, 0.4) is 0 Å². The Bertz CT molecular complexity index is 446. The van der Waals surface area contributed by atoms with Crippen molar-refractivity contribution in [2.24, 2.45) is 11.3 Å². The summed E-state index contributed by atoms with van der Waals surface area (Å²) in [5, 5.41) is 7.14. The van der Waals surface area contributed by atoms with Crippen molar-refractivity contribution < 1.29 is 4.79 Å². The molecule has 0 atom stereocenters. The third-order valence-corrected chi connectivity index (χ3v) is 4.05. The zero-order valence-corrected chi connectivity index (χ0v) is 11.4. The second-order valence-corrected chi connectivity index (χ2v) is 5.49. The third-order valence-electron chi connectivity index (χ3n) is 4.05. The van der Waals surface area contributed by atoms with Crippen molar-refractivity contribution >= 4 is 11.6 Å². The van der Waals surface area contributed by atoms with Crippen molar-refractivity contribution in [3.8, 4) is 0 Å². The van der Waals surface area contributed by atoms with Gasteiger partial charge in [-0.3, -0.25) is 9.48 Å². The molecule has 0 spiro atoms. The minimum absolute atomic E-state index is 0.161. The largest absolute Gasteiger partial charge is 0.396 e. The van der Waals surface area contributed by atoms with Crippen LogP contribution in [-0.4, -0.2) is 22.2 Å². The normalized spacial score (nSPS) is 16.9. The lowest BCUT2D eigenvalue weighted by atomic mass is 9.92. The Labute approximate surface area is 108 Å². The van der Waals surface area contributed by atoms with Gasteiger partial charge >= 0.3 is 0 Å². The number of rotatable bonds is 5. The van der Waals surface area contributed by atoms with Gasteiger partial charge in [-0.25, -0.2) is 0 Å². The highest BCUT2D eigenvalue weighted by Gasteiger charge is 2.45. The molecule has 1 amide bonds. The van der Waals surface area contributed by atoms with Crippen LogP contribution in [0.15, 0.2) is 6.20 Å². The highest BCUT2D eigenvalue weighted by atomic mass is 16.2. The molecule has 1 aliphatic rings. The van der Waals surface area contributed by atoms with Crippen LogP contribution in [0.2, 0.25) is 0 Å². The number of aryl methyl sites for hydroxylation is 1. The standard InChI is InChI=1S/C13H22N4O/c1-4-17-7-10(14)11(16-17)12(18)15-8-13(5-6-13)9(2)3/h7,9H,4-6,8,14H2,1-3H3,(H,15,18). The van der Waals surface area contributed by atoms with Crippen molar-refractivity contribution in [3.63, 3.8) is 0 Å². The second kappa shape index (κ2) is 4.63. The molecule has 1 fully saturated rings. The molecule has 0 radical (unpaired) electrons. The first-order valence-electron chi connectivity index (χ1n) is 6.59. The number of hydrogen-bond donors (Lipinski definition) is 2. The van der Waals surface area contributed by atoms with Crippen molar-refractivity contribution in [1.29, 1.82) is 0 Å². The van der Waals surface area contributed by atoms with E-state index in [1.165, 1.54) is 12.8 Å². The summed E-state index contributed by atoms with van der Waals surface area (Å²) in [6.07, 6.45) is 4.10. The van der Waals surface area contributed by atoms with Crippen LogP contribution < -0.4 is 11.1 Å². The number of amides is 1. The molecule has 3 N–H and O–H groups in total. The Hall–Kier alpha value is -1.52. The third kappa shape index (κ3) is 2.35. The van der Waals surface area contributed by atoms with E-state index in [1.54, 1.807) is 10.9 Å². The van der Waals surface area contributed by atoms with Crippen LogP contribution >= 0.6 is 0 Å². The predicted molar refractivity (Wildman–Crippen MR) is 71.2 cm³/mol. The Kier molecular flexibility index (Phi) is 3.32. The number of aromatic nitrogens is 2. The summed E-state index contributed by atoms with van der Waals surface area (Å²) < 4.78 is 1.68. The monoisotopic (exact) mass is 250 g/mol. The maximum absolute atomic E-state index is 12.0. The summed E-state index contributed by atoms with van der Waals surface area (Å²) >= 11 is 0. The smallest absolute Gasteiger partial charge is 0.273 e. The number of nitrogens with two attached hydrogens (primary N) is 1. The Morgan fingerprint density at radius 3 is 2.72 bits per heavy atom. The molecule has 18 heavy (non-hydrogen) atoms. The van der Waals surface area contributed by atoms with E-state index in [-0.39, 0.29) is 5.91 Å². The summed E-state index contributed by atoms with van der Waals surface area (Å²) in [4.78, 5) is 12.0. The van der Waals surface area contributed by atoms with Gasteiger partial charge in [-0.15, -0.1) is 0 Å². The maximum Gasteiger partial charge on any atom is 0.273 e. The molecule has 1 aliphatic carbocycles. The lowest BCUT2D eigenvalue weighted by Crippen LogP contribution is -2.33. The van der Waals surface area contributed by atoms with Crippen LogP contribution in [-0.2, 0) is 6.54 Å². The highest BCUT2D eigenvalue weighted by molar-refractivity contribution is 5.97. The molecule has 5 heteroatoms. The molecule has 1 saturated carbocycles. The minimum Gasteiger partial charge on any atom is -0.396 e. The fourth-order valence-corrected chi connectivity index (χ4v) is 2.23. The van der Waals surface area contributed by atoms with E-state index in [0.29, 0.717) is 29.3 Å². The SMILES string of the molecule is CCn1cc(N)c(C(=O)NCC2(C(C)C)CC2)n1. The Morgan fingerprint density at radius 2 is 2.28 bits per heavy atom. The zero-order chi connectivity index (χ0) is 13.3. The topological polar surface area (TPSA) is 72.9 Å². The first kappa shape index (κ1) is 12.9. The maximum atomic E-state index is 12.0. The lowest BCUT2D eigenvalue weighted by molar-refractivity contribution is 0.0935. The number of carbonyl (C=O) groups is 1. The van der Waals surface area contributed by atoms with Crippen LogP contribution in [0.1, 0.15) is 44.1 Å². The van der Waals surface area contributed by atoms with Gasteiger partial charge in [0.15, 0.2) is 5.69 Å². The summed E-state index contributed by atoms with van der Waals surface area (Å²) in [6.45, 7) is 7.82. The van der Waals surface area contributed by atoms with Gasteiger partial charge in [0.25, 0.3) is 5.91 Å². The summed E-state index contributed by atoms with van der Waals surface area (Å²) in [5.41, 5.74) is 6.88. The van der Waals surface area contributed by atoms with E-state index in [0.717, 1.165) is 6.54 Å². The van der Waals surface area contributed by atoms with Gasteiger partial charge in [-0.05, 0) is 31.1 Å². The van der Waals surface area contributed by atoms with Crippen LogP contribution in [0.5, 0.6) is 0 Å². The van der Waals surface area contributed by atoms with Crippen molar-refractivity contribution in [3.05, 3.63) is 11.9 Å². The molecule has 100 valence electrons. The first-order valence-corrected chi connectivity index (χ1v) is 6.59. The number of nitrogens with one attached hydrogen (secondary N) is 1. The first-order chi connectivity index (χ1) is 8.48. The second-order valence-electron chi connectivity index (χ2n) is 5.49. The van der Waals surface area contributed by atoms with Crippen molar-refractivity contribution in [2.75, 3.05) is 12.3 Å². The molecule has 0 aliphatic heterocycles. The van der Waals surface area contributed by atoms with Crippen LogP contribution in [0, 0.1) is 11.3 Å². The average Bonchev–Trinajstić information content (AvgIpc) is 3.04. The molecule has 1 heterocycles. The van der Waals surface area contributed by atoms with Crippen LogP contribution in [0.4, 0.5) is 5.69 Å². The summed E-state index contributed by atoms with van der Waals surface area (Å²) in [5.74, 6) is 0.440. The van der Waals surface area contributed by atoms with E-state index in [2.05, 4.69) is 24.3 Å². The number of carbonyl (C=O) groups excluding carboxylic acids is 1. The van der Waals surface area contributed by atoms with Crippen molar-refractivity contribution in [2.45, 2.75) is 40.2 Å².